The number of hydrogen-bond donors (Lipinski definition) is 0. The fourth-order valence-electron chi connectivity index (χ4n) is 4.79. The van der Waals surface area contributed by atoms with Crippen LogP contribution in [0.3, 0.4) is 0 Å². The molecule has 0 saturated carbocycles. The highest BCUT2D eigenvalue weighted by molar-refractivity contribution is 7.96. The van der Waals surface area contributed by atoms with Crippen molar-refractivity contribution in [2.24, 2.45) is 0 Å². The SMILES string of the molecule is COc1ccc([S+](Cc2ccc(N(c3ccc(OS(C)(=O)=O)cc3)c3ccc(OS(=O)(=O)C(F)(F)F)cc3)cc2)c2ccc(OC)cc2)cc1. The van der Waals surface area contributed by atoms with E-state index in [0.717, 1.165) is 45.2 Å². The quantitative estimate of drug-likeness (QED) is 0.0674. The molecule has 0 aliphatic rings. The molecule has 0 aliphatic carbocycles. The molecule has 0 saturated heterocycles. The molecule has 0 radical (unpaired) electrons. The van der Waals surface area contributed by atoms with Crippen LogP contribution in [0.15, 0.2) is 131 Å². The van der Waals surface area contributed by atoms with E-state index >= 15 is 0 Å². The Morgan fingerprint density at radius 3 is 1.28 bits per heavy atom. The third-order valence-corrected chi connectivity index (χ3v) is 10.9. The highest BCUT2D eigenvalue weighted by Gasteiger charge is 2.48. The van der Waals surface area contributed by atoms with Gasteiger partial charge in [0.25, 0.3) is 0 Å². The minimum Gasteiger partial charge on any atom is -0.497 e. The van der Waals surface area contributed by atoms with Crippen molar-refractivity contribution < 1.29 is 47.8 Å². The van der Waals surface area contributed by atoms with Gasteiger partial charge < -0.3 is 22.7 Å². The molecular weight excluding hydrogens is 716 g/mol. The normalized spacial score (nSPS) is 12.0. The van der Waals surface area contributed by atoms with Crippen LogP contribution in [-0.4, -0.2) is 42.8 Å². The van der Waals surface area contributed by atoms with Crippen molar-refractivity contribution in [1.82, 2.24) is 0 Å². The number of rotatable bonds is 13. The molecule has 5 rings (SSSR count). The van der Waals surface area contributed by atoms with E-state index in [1.807, 2.05) is 72.8 Å². The Morgan fingerprint density at radius 2 is 0.920 bits per heavy atom. The third-order valence-electron chi connectivity index (χ3n) is 7.12. The standard InChI is InChI=1S/C35H31F3NO8S3/c1-44-29-16-20-33(21-17-29)48(34-22-18-30(45-2)19-23-34)24-25-4-6-26(7-5-25)39(27-8-12-31(13-9-27)46-49(3,40)41)28-10-14-32(15-11-28)47-50(42,43)35(36,37)38/h4-23H,24H2,1-3H3/q+1. The number of anilines is 3. The molecule has 0 amide bonds. The Balaban J connectivity index is 1.48. The van der Waals surface area contributed by atoms with E-state index in [1.165, 1.54) is 24.3 Å². The van der Waals surface area contributed by atoms with E-state index in [4.69, 9.17) is 13.7 Å². The maximum Gasteiger partial charge on any atom is 0.534 e. The first-order valence-corrected chi connectivity index (χ1v) is 19.3. The lowest BCUT2D eigenvalue weighted by atomic mass is 10.1. The predicted octanol–water partition coefficient (Wildman–Crippen LogP) is 7.98. The lowest BCUT2D eigenvalue weighted by molar-refractivity contribution is -0.0500. The predicted molar refractivity (Wildman–Crippen MR) is 186 cm³/mol. The molecule has 0 spiro atoms. The van der Waals surface area contributed by atoms with Gasteiger partial charge in [0.05, 0.1) is 31.4 Å². The van der Waals surface area contributed by atoms with Crippen LogP contribution in [0.2, 0.25) is 0 Å². The maximum atomic E-state index is 12.9. The minimum absolute atomic E-state index is 0.0803. The Morgan fingerprint density at radius 1 is 0.560 bits per heavy atom. The second-order valence-corrected chi connectivity index (χ2v) is 15.8. The summed E-state index contributed by atoms with van der Waals surface area (Å²) in [5.74, 6) is 1.71. The Kier molecular flexibility index (Phi) is 10.9. The largest absolute Gasteiger partial charge is 0.534 e. The summed E-state index contributed by atoms with van der Waals surface area (Å²) in [4.78, 5) is 3.96. The van der Waals surface area contributed by atoms with E-state index in [2.05, 4.69) is 4.18 Å². The van der Waals surface area contributed by atoms with Gasteiger partial charge in [0.15, 0.2) is 9.79 Å². The summed E-state index contributed by atoms with van der Waals surface area (Å²) in [5, 5.41) is 0. The molecule has 5 aromatic carbocycles. The zero-order chi connectivity index (χ0) is 36.1. The van der Waals surface area contributed by atoms with E-state index in [0.29, 0.717) is 22.8 Å². The van der Waals surface area contributed by atoms with Gasteiger partial charge in [-0.05, 0) is 109 Å². The van der Waals surface area contributed by atoms with Crippen LogP contribution in [0.1, 0.15) is 5.56 Å². The lowest BCUT2D eigenvalue weighted by Gasteiger charge is -2.26. The molecule has 9 nitrogen and oxygen atoms in total. The first-order valence-electron chi connectivity index (χ1n) is 14.6. The number of ether oxygens (including phenoxy) is 2. The number of benzene rings is 5. The van der Waals surface area contributed by atoms with Crippen molar-refractivity contribution in [3.8, 4) is 23.0 Å². The average Bonchev–Trinajstić information content (AvgIpc) is 3.08. The van der Waals surface area contributed by atoms with Crippen molar-refractivity contribution in [1.29, 1.82) is 0 Å². The molecule has 0 fully saturated rings. The van der Waals surface area contributed by atoms with Crippen molar-refractivity contribution >= 4 is 48.2 Å². The molecule has 50 heavy (non-hydrogen) atoms. The number of hydrogen-bond acceptors (Lipinski definition) is 9. The van der Waals surface area contributed by atoms with E-state index in [9.17, 15) is 30.0 Å². The zero-order valence-electron chi connectivity index (χ0n) is 26.8. The van der Waals surface area contributed by atoms with Crippen LogP contribution in [0.25, 0.3) is 0 Å². The van der Waals surface area contributed by atoms with Crippen LogP contribution in [0.4, 0.5) is 30.2 Å². The summed E-state index contributed by atoms with van der Waals surface area (Å²) in [6.45, 7) is 0. The van der Waals surface area contributed by atoms with Crippen molar-refractivity contribution in [2.45, 2.75) is 21.1 Å². The van der Waals surface area contributed by atoms with Gasteiger partial charge in [-0.15, -0.1) is 0 Å². The molecule has 0 aromatic heterocycles. The van der Waals surface area contributed by atoms with Gasteiger partial charge in [-0.3, -0.25) is 0 Å². The molecule has 0 bridgehead atoms. The second-order valence-electron chi connectivity index (χ2n) is 10.6. The summed E-state index contributed by atoms with van der Waals surface area (Å²) < 4.78 is 105. The first kappa shape index (κ1) is 36.4. The number of alkyl halides is 3. The highest BCUT2D eigenvalue weighted by Crippen LogP contribution is 2.38. The molecule has 0 aliphatic heterocycles. The molecule has 0 atom stereocenters. The molecule has 0 N–H and O–H groups in total. The third kappa shape index (κ3) is 9.02. The molecular formula is C35H31F3NO8S3+. The topological polar surface area (TPSA) is 108 Å². The smallest absolute Gasteiger partial charge is 0.497 e. The van der Waals surface area contributed by atoms with Gasteiger partial charge in [-0.25, -0.2) is 0 Å². The summed E-state index contributed by atoms with van der Waals surface area (Å²) in [6, 6.07) is 34.6. The fraction of sp³-hybridized carbons (Fsp3) is 0.143. The first-order chi connectivity index (χ1) is 23.7. The molecule has 0 heterocycles. The summed E-state index contributed by atoms with van der Waals surface area (Å²) in [6.07, 6.45) is 0.922. The van der Waals surface area contributed by atoms with Crippen LogP contribution in [0, 0.1) is 0 Å². The van der Waals surface area contributed by atoms with E-state index < -0.39 is 31.5 Å². The number of methoxy groups -OCH3 is 2. The van der Waals surface area contributed by atoms with Gasteiger partial charge >= 0.3 is 25.7 Å². The van der Waals surface area contributed by atoms with Crippen molar-refractivity contribution in [3.05, 3.63) is 127 Å². The zero-order valence-corrected chi connectivity index (χ0v) is 29.3. The van der Waals surface area contributed by atoms with Crippen molar-refractivity contribution in [2.75, 3.05) is 25.4 Å². The molecule has 0 unspecified atom stereocenters. The van der Waals surface area contributed by atoms with Gasteiger partial charge in [0.2, 0.25) is 0 Å². The van der Waals surface area contributed by atoms with Gasteiger partial charge in [0, 0.05) is 22.6 Å². The van der Waals surface area contributed by atoms with Crippen LogP contribution < -0.4 is 22.7 Å². The monoisotopic (exact) mass is 746 g/mol. The van der Waals surface area contributed by atoms with E-state index in [-0.39, 0.29) is 16.6 Å². The van der Waals surface area contributed by atoms with E-state index in [1.54, 1.807) is 31.3 Å². The fourth-order valence-corrected chi connectivity index (χ4v) is 7.77. The number of nitrogens with zero attached hydrogens (tertiary/aromatic N) is 1. The second kappa shape index (κ2) is 14.9. The Hall–Kier alpha value is -4.86. The summed E-state index contributed by atoms with van der Waals surface area (Å²) in [5.41, 5.74) is -2.93. The highest BCUT2D eigenvalue weighted by atomic mass is 32.2. The summed E-state index contributed by atoms with van der Waals surface area (Å²) in [7, 11) is -6.78. The van der Waals surface area contributed by atoms with Crippen LogP contribution >= 0.6 is 0 Å². The van der Waals surface area contributed by atoms with Gasteiger partial charge in [0.1, 0.15) is 28.8 Å². The van der Waals surface area contributed by atoms with Crippen LogP contribution in [0.5, 0.6) is 23.0 Å². The van der Waals surface area contributed by atoms with Gasteiger partial charge in [-0.2, -0.15) is 30.0 Å². The molecule has 15 heteroatoms. The maximum absolute atomic E-state index is 12.9. The minimum atomic E-state index is -5.86. The average molecular weight is 747 g/mol. The van der Waals surface area contributed by atoms with Crippen LogP contribution in [-0.2, 0) is 36.9 Å². The van der Waals surface area contributed by atoms with Gasteiger partial charge in [-0.1, -0.05) is 12.1 Å². The molecule has 5 aromatic rings. The lowest BCUT2D eigenvalue weighted by Crippen LogP contribution is -2.28. The Bertz CT molecular complexity index is 2060. The molecule has 262 valence electrons. The summed E-state index contributed by atoms with van der Waals surface area (Å²) >= 11 is 0. The Labute approximate surface area is 291 Å². The number of halogens is 3. The van der Waals surface area contributed by atoms with Crippen molar-refractivity contribution in [3.63, 3.8) is 0 Å².